The average molecular weight is 355 g/mol. The monoisotopic (exact) mass is 354 g/mol. The van der Waals surface area contributed by atoms with Crippen LogP contribution < -0.4 is 0 Å². The molecule has 0 bridgehead atoms. The van der Waals surface area contributed by atoms with Gasteiger partial charge in [0.15, 0.2) is 0 Å². The van der Waals surface area contributed by atoms with Crippen LogP contribution in [0.3, 0.4) is 0 Å². The van der Waals surface area contributed by atoms with Crippen molar-refractivity contribution in [3.05, 3.63) is 39.4 Å². The Labute approximate surface area is 132 Å². The SMILES string of the molecule is Cc1ccc([N+](=O)[O-])cc1C(=O)N(C)C1CCCCC1Br. The highest BCUT2D eigenvalue weighted by Crippen LogP contribution is 2.29. The van der Waals surface area contributed by atoms with Gasteiger partial charge in [0.1, 0.15) is 0 Å². The molecular formula is C15H19BrN2O3. The first-order valence-corrected chi connectivity index (χ1v) is 7.99. The molecule has 0 radical (unpaired) electrons. The molecule has 0 aliphatic heterocycles. The van der Waals surface area contributed by atoms with Gasteiger partial charge in [-0.05, 0) is 25.3 Å². The van der Waals surface area contributed by atoms with Crippen LogP contribution in [0, 0.1) is 17.0 Å². The van der Waals surface area contributed by atoms with E-state index < -0.39 is 4.92 Å². The predicted molar refractivity (Wildman–Crippen MR) is 84.9 cm³/mol. The molecule has 6 heteroatoms. The van der Waals surface area contributed by atoms with Crippen molar-refractivity contribution in [2.75, 3.05) is 7.05 Å². The Hall–Kier alpha value is -1.43. The Morgan fingerprint density at radius 3 is 2.67 bits per heavy atom. The van der Waals surface area contributed by atoms with Crippen molar-refractivity contribution in [3.8, 4) is 0 Å². The molecule has 0 heterocycles. The second-order valence-electron chi connectivity index (χ2n) is 5.54. The number of nitrogens with zero attached hydrogens (tertiary/aromatic N) is 2. The first-order chi connectivity index (χ1) is 9.91. The summed E-state index contributed by atoms with van der Waals surface area (Å²) in [4.78, 5) is 25.1. The van der Waals surface area contributed by atoms with Crippen molar-refractivity contribution in [2.45, 2.75) is 43.5 Å². The minimum Gasteiger partial charge on any atom is -0.338 e. The molecule has 2 rings (SSSR count). The number of carbonyl (C=O) groups is 1. The molecule has 21 heavy (non-hydrogen) atoms. The van der Waals surface area contributed by atoms with Crippen LogP contribution in [0.5, 0.6) is 0 Å². The van der Waals surface area contributed by atoms with Gasteiger partial charge in [-0.2, -0.15) is 0 Å². The smallest absolute Gasteiger partial charge is 0.270 e. The maximum Gasteiger partial charge on any atom is 0.270 e. The molecule has 1 fully saturated rings. The second-order valence-corrected chi connectivity index (χ2v) is 6.72. The van der Waals surface area contributed by atoms with E-state index in [9.17, 15) is 14.9 Å². The normalized spacial score (nSPS) is 21.9. The van der Waals surface area contributed by atoms with Crippen molar-refractivity contribution in [3.63, 3.8) is 0 Å². The number of nitro benzene ring substituents is 1. The van der Waals surface area contributed by atoms with Gasteiger partial charge in [-0.1, -0.05) is 34.8 Å². The molecule has 2 atom stereocenters. The summed E-state index contributed by atoms with van der Waals surface area (Å²) in [5, 5.41) is 10.9. The number of halogens is 1. The molecule has 1 aliphatic carbocycles. The number of carbonyl (C=O) groups excluding carboxylic acids is 1. The Morgan fingerprint density at radius 1 is 1.38 bits per heavy atom. The van der Waals surface area contributed by atoms with Gasteiger partial charge in [-0.25, -0.2) is 0 Å². The summed E-state index contributed by atoms with van der Waals surface area (Å²) < 4.78 is 0. The highest BCUT2D eigenvalue weighted by molar-refractivity contribution is 9.09. The summed E-state index contributed by atoms with van der Waals surface area (Å²) in [6.07, 6.45) is 4.30. The maximum atomic E-state index is 12.7. The van der Waals surface area contributed by atoms with Gasteiger partial charge in [0, 0.05) is 35.6 Å². The van der Waals surface area contributed by atoms with Crippen molar-refractivity contribution in [2.24, 2.45) is 0 Å². The van der Waals surface area contributed by atoms with E-state index in [-0.39, 0.29) is 17.6 Å². The van der Waals surface area contributed by atoms with E-state index in [1.54, 1.807) is 24.9 Å². The summed E-state index contributed by atoms with van der Waals surface area (Å²) in [6, 6.07) is 4.58. The van der Waals surface area contributed by atoms with Gasteiger partial charge in [-0.3, -0.25) is 14.9 Å². The minimum absolute atomic E-state index is 0.0450. The Morgan fingerprint density at radius 2 is 2.05 bits per heavy atom. The highest BCUT2D eigenvalue weighted by atomic mass is 79.9. The first-order valence-electron chi connectivity index (χ1n) is 7.08. The lowest BCUT2D eigenvalue weighted by atomic mass is 9.93. The van der Waals surface area contributed by atoms with Crippen LogP contribution in [-0.2, 0) is 0 Å². The van der Waals surface area contributed by atoms with Gasteiger partial charge in [0.25, 0.3) is 11.6 Å². The zero-order valence-corrected chi connectivity index (χ0v) is 13.8. The standard InChI is InChI=1S/C15H19BrN2O3/c1-10-7-8-11(18(20)21)9-12(10)15(19)17(2)14-6-4-3-5-13(14)16/h7-9,13-14H,3-6H2,1-2H3. The molecule has 2 unspecified atom stereocenters. The van der Waals surface area contributed by atoms with Crippen LogP contribution >= 0.6 is 15.9 Å². The van der Waals surface area contributed by atoms with E-state index in [0.717, 1.165) is 24.8 Å². The first kappa shape index (κ1) is 15.9. The summed E-state index contributed by atoms with van der Waals surface area (Å²) in [6.45, 7) is 1.80. The molecule has 1 aromatic rings. The molecule has 0 saturated heterocycles. The fourth-order valence-corrected chi connectivity index (χ4v) is 3.74. The number of hydrogen-bond acceptors (Lipinski definition) is 3. The summed E-state index contributed by atoms with van der Waals surface area (Å²) >= 11 is 3.65. The third-order valence-electron chi connectivity index (χ3n) is 4.13. The number of nitro groups is 1. The minimum atomic E-state index is -0.468. The van der Waals surface area contributed by atoms with Gasteiger partial charge in [0.2, 0.25) is 0 Å². The number of amides is 1. The summed E-state index contributed by atoms with van der Waals surface area (Å²) in [5.41, 5.74) is 1.13. The summed E-state index contributed by atoms with van der Waals surface area (Å²) in [5.74, 6) is -0.146. The van der Waals surface area contributed by atoms with E-state index >= 15 is 0 Å². The van der Waals surface area contributed by atoms with E-state index in [1.165, 1.54) is 18.6 Å². The van der Waals surface area contributed by atoms with Crippen molar-refractivity contribution in [1.82, 2.24) is 4.90 Å². The molecule has 114 valence electrons. The van der Waals surface area contributed by atoms with E-state index in [0.29, 0.717) is 10.4 Å². The van der Waals surface area contributed by atoms with Crippen LogP contribution in [0.15, 0.2) is 18.2 Å². The van der Waals surface area contributed by atoms with Crippen LogP contribution in [0.2, 0.25) is 0 Å². The Kier molecular flexibility index (Phi) is 4.98. The molecular weight excluding hydrogens is 336 g/mol. The van der Waals surface area contributed by atoms with Gasteiger partial charge in [0.05, 0.1) is 4.92 Å². The number of aryl methyl sites for hydroxylation is 1. The van der Waals surface area contributed by atoms with Crippen LogP contribution in [-0.4, -0.2) is 33.6 Å². The third-order valence-corrected chi connectivity index (χ3v) is 5.20. The topological polar surface area (TPSA) is 63.5 Å². The van der Waals surface area contributed by atoms with Crippen molar-refractivity contribution < 1.29 is 9.72 Å². The van der Waals surface area contributed by atoms with Crippen LogP contribution in [0.1, 0.15) is 41.6 Å². The highest BCUT2D eigenvalue weighted by Gasteiger charge is 2.30. The molecule has 1 aromatic carbocycles. The van der Waals surface area contributed by atoms with E-state index in [2.05, 4.69) is 15.9 Å². The Bertz CT molecular complexity index is 562. The van der Waals surface area contributed by atoms with Gasteiger partial charge in [-0.15, -0.1) is 0 Å². The lowest BCUT2D eigenvalue weighted by molar-refractivity contribution is -0.384. The second kappa shape index (κ2) is 6.56. The van der Waals surface area contributed by atoms with E-state index in [4.69, 9.17) is 0 Å². The predicted octanol–water partition coefficient (Wildman–Crippen LogP) is 3.68. The maximum absolute atomic E-state index is 12.7. The van der Waals surface area contributed by atoms with Gasteiger partial charge < -0.3 is 4.90 Å². The average Bonchev–Trinajstić information content (AvgIpc) is 2.46. The molecule has 0 aromatic heterocycles. The van der Waals surface area contributed by atoms with Crippen molar-refractivity contribution in [1.29, 1.82) is 0 Å². The largest absolute Gasteiger partial charge is 0.338 e. The molecule has 0 spiro atoms. The fraction of sp³-hybridized carbons (Fsp3) is 0.533. The zero-order valence-electron chi connectivity index (χ0n) is 12.2. The lowest BCUT2D eigenvalue weighted by Gasteiger charge is -2.35. The number of benzene rings is 1. The molecule has 1 aliphatic rings. The number of hydrogen-bond donors (Lipinski definition) is 0. The van der Waals surface area contributed by atoms with Crippen LogP contribution in [0.4, 0.5) is 5.69 Å². The molecule has 0 N–H and O–H groups in total. The number of non-ortho nitro benzene ring substituents is 1. The zero-order chi connectivity index (χ0) is 15.6. The molecule has 1 saturated carbocycles. The number of alkyl halides is 1. The molecule has 5 nitrogen and oxygen atoms in total. The fourth-order valence-electron chi connectivity index (χ4n) is 2.80. The third kappa shape index (κ3) is 3.43. The van der Waals surface area contributed by atoms with Crippen molar-refractivity contribution >= 4 is 27.5 Å². The number of rotatable bonds is 3. The van der Waals surface area contributed by atoms with Crippen LogP contribution in [0.25, 0.3) is 0 Å². The quantitative estimate of drug-likeness (QED) is 0.472. The summed E-state index contributed by atoms with van der Waals surface area (Å²) in [7, 11) is 1.78. The lowest BCUT2D eigenvalue weighted by Crippen LogP contribution is -2.44. The van der Waals surface area contributed by atoms with E-state index in [1.807, 2.05) is 0 Å². The Balaban J connectivity index is 2.26. The molecule has 1 amide bonds. The van der Waals surface area contributed by atoms with Gasteiger partial charge >= 0.3 is 0 Å².